The standard InChI is InChI=1S/C15H12ClN5O3/c1-24-6-12-18-19-14-9-4-8(16)2-3-10(9)21-7-17-13(15(22)23)11(21)5-20(12)14/h2-4,7H,5-6H2,1H3,(H,22,23). The second kappa shape index (κ2) is 5.43. The molecule has 1 aromatic carbocycles. The Balaban J connectivity index is 2.04. The lowest BCUT2D eigenvalue weighted by Crippen LogP contribution is -2.11. The van der Waals surface area contributed by atoms with Crippen LogP contribution in [0, 0.1) is 0 Å². The predicted octanol–water partition coefficient (Wildman–Crippen LogP) is 1.99. The van der Waals surface area contributed by atoms with Crippen LogP contribution in [0.4, 0.5) is 0 Å². The first-order valence-electron chi connectivity index (χ1n) is 7.11. The fourth-order valence-corrected chi connectivity index (χ4v) is 3.07. The number of carboxylic acids is 1. The molecule has 0 bridgehead atoms. The highest BCUT2D eigenvalue weighted by atomic mass is 35.5. The number of methoxy groups -OCH3 is 1. The van der Waals surface area contributed by atoms with Gasteiger partial charge in [0.05, 0.1) is 17.9 Å². The number of aromatic nitrogens is 5. The van der Waals surface area contributed by atoms with Crippen molar-refractivity contribution >= 4 is 17.6 Å². The Hall–Kier alpha value is -2.71. The van der Waals surface area contributed by atoms with Crippen LogP contribution in [0.5, 0.6) is 0 Å². The third-order valence-corrected chi connectivity index (χ3v) is 4.17. The van der Waals surface area contributed by atoms with Crippen LogP contribution in [-0.2, 0) is 17.9 Å². The van der Waals surface area contributed by atoms with Crippen molar-refractivity contribution in [1.82, 2.24) is 24.3 Å². The molecule has 122 valence electrons. The number of benzene rings is 1. The number of nitrogens with zero attached hydrogens (tertiary/aromatic N) is 5. The lowest BCUT2D eigenvalue weighted by Gasteiger charge is -2.08. The summed E-state index contributed by atoms with van der Waals surface area (Å²) in [4.78, 5) is 15.5. The van der Waals surface area contributed by atoms with Crippen molar-refractivity contribution in [2.45, 2.75) is 13.2 Å². The highest BCUT2D eigenvalue weighted by molar-refractivity contribution is 6.31. The summed E-state index contributed by atoms with van der Waals surface area (Å²) < 4.78 is 8.74. The molecule has 0 saturated carbocycles. The zero-order valence-electron chi connectivity index (χ0n) is 12.6. The molecule has 0 saturated heterocycles. The van der Waals surface area contributed by atoms with Crippen molar-refractivity contribution in [1.29, 1.82) is 0 Å². The molecule has 0 fully saturated rings. The number of carbonyl (C=O) groups is 1. The fraction of sp³-hybridized carbons (Fsp3) is 0.200. The predicted molar refractivity (Wildman–Crippen MR) is 84.4 cm³/mol. The molecular weight excluding hydrogens is 334 g/mol. The van der Waals surface area contributed by atoms with Crippen molar-refractivity contribution in [2.24, 2.45) is 0 Å². The number of hydrogen-bond acceptors (Lipinski definition) is 5. The molecule has 3 heterocycles. The van der Waals surface area contributed by atoms with E-state index in [2.05, 4.69) is 15.2 Å². The maximum Gasteiger partial charge on any atom is 0.356 e. The summed E-state index contributed by atoms with van der Waals surface area (Å²) in [5.41, 5.74) is 2.05. The van der Waals surface area contributed by atoms with Gasteiger partial charge in [-0.1, -0.05) is 11.6 Å². The van der Waals surface area contributed by atoms with E-state index in [9.17, 15) is 9.90 Å². The van der Waals surface area contributed by atoms with Crippen molar-refractivity contribution in [3.8, 4) is 17.1 Å². The van der Waals surface area contributed by atoms with E-state index in [0.29, 0.717) is 22.4 Å². The number of hydrogen-bond donors (Lipinski definition) is 1. The third-order valence-electron chi connectivity index (χ3n) is 3.94. The molecule has 9 heteroatoms. The van der Waals surface area contributed by atoms with Gasteiger partial charge < -0.3 is 14.4 Å². The van der Waals surface area contributed by atoms with Gasteiger partial charge >= 0.3 is 5.97 Å². The minimum Gasteiger partial charge on any atom is -0.476 e. The molecule has 4 rings (SSSR count). The van der Waals surface area contributed by atoms with Crippen LogP contribution in [0.3, 0.4) is 0 Å². The van der Waals surface area contributed by atoms with E-state index >= 15 is 0 Å². The van der Waals surface area contributed by atoms with E-state index in [4.69, 9.17) is 16.3 Å². The Morgan fingerprint density at radius 2 is 2.25 bits per heavy atom. The number of carboxylic acid groups (broad SMARTS) is 1. The number of fused-ring (bicyclic) bond motifs is 5. The average molecular weight is 346 g/mol. The van der Waals surface area contributed by atoms with Gasteiger partial charge in [-0.3, -0.25) is 4.57 Å². The quantitative estimate of drug-likeness (QED) is 0.610. The summed E-state index contributed by atoms with van der Waals surface area (Å²) in [7, 11) is 1.57. The van der Waals surface area contributed by atoms with Crippen LogP contribution < -0.4 is 0 Å². The summed E-state index contributed by atoms with van der Waals surface area (Å²) in [6, 6.07) is 5.34. The van der Waals surface area contributed by atoms with Gasteiger partial charge in [0.2, 0.25) is 0 Å². The first-order valence-corrected chi connectivity index (χ1v) is 7.48. The van der Waals surface area contributed by atoms with Gasteiger partial charge in [0.25, 0.3) is 0 Å². The molecule has 0 atom stereocenters. The second-order valence-electron chi connectivity index (χ2n) is 5.34. The minimum atomic E-state index is -1.08. The van der Waals surface area contributed by atoms with Gasteiger partial charge in [0.1, 0.15) is 12.9 Å². The van der Waals surface area contributed by atoms with Gasteiger partial charge in [-0.15, -0.1) is 10.2 Å². The molecule has 1 aliphatic rings. The maximum atomic E-state index is 11.5. The number of imidazole rings is 1. The molecular formula is C15H12ClN5O3. The lowest BCUT2D eigenvalue weighted by atomic mass is 10.1. The first-order chi connectivity index (χ1) is 11.6. The Kier molecular flexibility index (Phi) is 3.36. The minimum absolute atomic E-state index is 0.000756. The molecule has 0 radical (unpaired) electrons. The highest BCUT2D eigenvalue weighted by Crippen LogP contribution is 2.34. The molecule has 0 unspecified atom stereocenters. The monoisotopic (exact) mass is 345 g/mol. The van der Waals surface area contributed by atoms with Crippen LogP contribution in [0.15, 0.2) is 24.5 Å². The van der Waals surface area contributed by atoms with Crippen LogP contribution in [0.2, 0.25) is 5.02 Å². The molecule has 2 aromatic heterocycles. The largest absolute Gasteiger partial charge is 0.476 e. The lowest BCUT2D eigenvalue weighted by molar-refractivity contribution is 0.0689. The Labute approximate surface area is 141 Å². The van der Waals surface area contributed by atoms with E-state index in [1.165, 1.54) is 6.33 Å². The number of halogens is 1. The third kappa shape index (κ3) is 2.11. The summed E-state index contributed by atoms with van der Waals surface area (Å²) in [5.74, 6) is 0.132. The summed E-state index contributed by atoms with van der Waals surface area (Å²) in [6.07, 6.45) is 1.50. The number of ether oxygens (including phenoxy) is 1. The summed E-state index contributed by atoms with van der Waals surface area (Å²) in [6.45, 7) is 0.536. The normalized spacial score (nSPS) is 12.2. The van der Waals surface area contributed by atoms with Crippen molar-refractivity contribution in [3.63, 3.8) is 0 Å². The highest BCUT2D eigenvalue weighted by Gasteiger charge is 2.27. The Morgan fingerprint density at radius 3 is 3.00 bits per heavy atom. The molecule has 24 heavy (non-hydrogen) atoms. The van der Waals surface area contributed by atoms with Gasteiger partial charge in [-0.05, 0) is 18.2 Å². The van der Waals surface area contributed by atoms with Crippen molar-refractivity contribution < 1.29 is 14.6 Å². The van der Waals surface area contributed by atoms with Crippen molar-refractivity contribution in [3.05, 3.63) is 46.8 Å². The van der Waals surface area contributed by atoms with E-state index in [-0.39, 0.29) is 18.8 Å². The number of aromatic carboxylic acids is 1. The maximum absolute atomic E-state index is 11.5. The van der Waals surface area contributed by atoms with Crippen LogP contribution >= 0.6 is 11.6 Å². The van der Waals surface area contributed by atoms with Gasteiger partial charge in [-0.25, -0.2) is 9.78 Å². The molecule has 0 spiro atoms. The van der Waals surface area contributed by atoms with E-state index < -0.39 is 5.97 Å². The number of rotatable bonds is 3. The Bertz CT molecular complexity index is 962. The zero-order valence-corrected chi connectivity index (χ0v) is 13.4. The second-order valence-corrected chi connectivity index (χ2v) is 5.77. The molecule has 1 N–H and O–H groups in total. The average Bonchev–Trinajstić information content (AvgIpc) is 3.10. The smallest absolute Gasteiger partial charge is 0.356 e. The van der Waals surface area contributed by atoms with E-state index in [1.807, 2.05) is 10.6 Å². The van der Waals surface area contributed by atoms with Gasteiger partial charge in [-0.2, -0.15) is 0 Å². The molecule has 1 aliphatic heterocycles. The SMILES string of the molecule is COCc1nnc2n1Cc1c(C(=O)O)ncn1-c1ccc(Cl)cc1-2. The molecule has 0 aliphatic carbocycles. The van der Waals surface area contributed by atoms with Crippen molar-refractivity contribution in [2.75, 3.05) is 7.11 Å². The first kappa shape index (κ1) is 14.9. The molecule has 8 nitrogen and oxygen atoms in total. The molecule has 3 aromatic rings. The van der Waals surface area contributed by atoms with Crippen LogP contribution in [-0.4, -0.2) is 42.5 Å². The molecule has 0 amide bonds. The zero-order chi connectivity index (χ0) is 16.8. The van der Waals surface area contributed by atoms with E-state index in [0.717, 1.165) is 11.3 Å². The van der Waals surface area contributed by atoms with Crippen LogP contribution in [0.25, 0.3) is 17.1 Å². The summed E-state index contributed by atoms with van der Waals surface area (Å²) in [5, 5.41) is 18.4. The van der Waals surface area contributed by atoms with Crippen LogP contribution in [0.1, 0.15) is 22.0 Å². The van der Waals surface area contributed by atoms with Gasteiger partial charge in [0, 0.05) is 17.7 Å². The summed E-state index contributed by atoms with van der Waals surface area (Å²) >= 11 is 6.15. The van der Waals surface area contributed by atoms with E-state index in [1.54, 1.807) is 23.8 Å². The van der Waals surface area contributed by atoms with Gasteiger partial charge in [0.15, 0.2) is 17.3 Å². The topological polar surface area (TPSA) is 95.1 Å². The Morgan fingerprint density at radius 1 is 1.42 bits per heavy atom. The fourth-order valence-electron chi connectivity index (χ4n) is 2.89.